The van der Waals surface area contributed by atoms with E-state index in [1.807, 2.05) is 0 Å². The lowest BCUT2D eigenvalue weighted by Gasteiger charge is -1.82. The largest absolute Gasteiger partial charge is 0.308 e. The summed E-state index contributed by atoms with van der Waals surface area (Å²) >= 11 is 0. The van der Waals surface area contributed by atoms with Crippen molar-refractivity contribution in [3.8, 4) is 0 Å². The first-order valence-electron chi connectivity index (χ1n) is 1.89. The lowest BCUT2D eigenvalue weighted by atomic mass is 10.2. The molecule has 0 radical (unpaired) electrons. The van der Waals surface area contributed by atoms with Gasteiger partial charge in [-0.2, -0.15) is 0 Å². The lowest BCUT2D eigenvalue weighted by molar-refractivity contribution is -0.113. The second-order valence-electron chi connectivity index (χ2n) is 1.23. The molecule has 0 atom stereocenters. The fourth-order valence-electron chi connectivity index (χ4n) is 0.102. The van der Waals surface area contributed by atoms with E-state index in [9.17, 15) is 4.79 Å². The Bertz CT molecular complexity index is 115. The SMILES string of the molecule is C=C(C=N)C(C)=O. The number of ketones is 1. The number of hydrogen-bond donors (Lipinski definition) is 1. The maximum atomic E-state index is 10.1. The number of hydrogen-bond acceptors (Lipinski definition) is 2. The minimum absolute atomic E-state index is 0.144. The van der Waals surface area contributed by atoms with Gasteiger partial charge in [-0.3, -0.25) is 4.79 Å². The van der Waals surface area contributed by atoms with E-state index < -0.39 is 0 Å². The Morgan fingerprint density at radius 2 is 2.29 bits per heavy atom. The Balaban J connectivity index is 3.81. The first-order valence-corrected chi connectivity index (χ1v) is 1.89. The molecule has 0 spiro atoms. The van der Waals surface area contributed by atoms with E-state index in [-0.39, 0.29) is 11.4 Å². The summed E-state index contributed by atoms with van der Waals surface area (Å²) in [5, 5.41) is 6.49. The monoisotopic (exact) mass is 97.1 g/mol. The molecule has 0 aliphatic carbocycles. The van der Waals surface area contributed by atoms with Crippen molar-refractivity contribution in [3.05, 3.63) is 12.2 Å². The van der Waals surface area contributed by atoms with Crippen molar-refractivity contribution in [3.63, 3.8) is 0 Å². The van der Waals surface area contributed by atoms with Gasteiger partial charge in [0, 0.05) is 11.8 Å². The van der Waals surface area contributed by atoms with Crippen molar-refractivity contribution in [2.24, 2.45) is 0 Å². The number of carbonyl (C=O) groups is 1. The first kappa shape index (κ1) is 6.08. The maximum Gasteiger partial charge on any atom is 0.160 e. The van der Waals surface area contributed by atoms with Gasteiger partial charge in [-0.15, -0.1) is 0 Å². The smallest absolute Gasteiger partial charge is 0.160 e. The number of rotatable bonds is 2. The summed E-state index contributed by atoms with van der Waals surface area (Å²) in [4.78, 5) is 10.1. The highest BCUT2D eigenvalue weighted by atomic mass is 16.1. The summed E-state index contributed by atoms with van der Waals surface area (Å²) in [5.74, 6) is -0.144. The molecular weight excluding hydrogens is 90.1 g/mol. The van der Waals surface area contributed by atoms with E-state index in [0.29, 0.717) is 0 Å². The van der Waals surface area contributed by atoms with Crippen LogP contribution in [0.1, 0.15) is 6.92 Å². The van der Waals surface area contributed by atoms with Crippen LogP contribution in [0.2, 0.25) is 0 Å². The quantitative estimate of drug-likeness (QED) is 0.401. The van der Waals surface area contributed by atoms with Gasteiger partial charge in [-0.25, -0.2) is 0 Å². The van der Waals surface area contributed by atoms with Crippen LogP contribution < -0.4 is 0 Å². The molecule has 38 valence electrons. The van der Waals surface area contributed by atoms with Gasteiger partial charge >= 0.3 is 0 Å². The summed E-state index contributed by atoms with van der Waals surface area (Å²) in [6.45, 7) is 4.66. The standard InChI is InChI=1S/C5H7NO/c1-4(3-6)5(2)7/h3,6H,1H2,2H3. The molecule has 2 heteroatoms. The Morgan fingerprint density at radius 3 is 2.29 bits per heavy atom. The minimum atomic E-state index is -0.144. The normalized spacial score (nSPS) is 7.57. The van der Waals surface area contributed by atoms with Crippen molar-refractivity contribution in [1.29, 1.82) is 5.41 Å². The molecular formula is C5H7NO. The topological polar surface area (TPSA) is 40.9 Å². The molecule has 0 fully saturated rings. The van der Waals surface area contributed by atoms with E-state index >= 15 is 0 Å². The van der Waals surface area contributed by atoms with Crippen molar-refractivity contribution in [2.75, 3.05) is 0 Å². The van der Waals surface area contributed by atoms with Crippen LogP contribution in [-0.4, -0.2) is 12.0 Å². The predicted octanol–water partition coefficient (Wildman–Crippen LogP) is 0.781. The van der Waals surface area contributed by atoms with Crippen LogP contribution in [0.15, 0.2) is 12.2 Å². The Morgan fingerprint density at radius 1 is 1.86 bits per heavy atom. The number of nitrogens with one attached hydrogen (secondary N) is 1. The van der Waals surface area contributed by atoms with E-state index in [0.717, 1.165) is 6.21 Å². The molecule has 0 unspecified atom stereocenters. The molecule has 0 aromatic rings. The van der Waals surface area contributed by atoms with Gasteiger partial charge in [-0.1, -0.05) is 6.58 Å². The van der Waals surface area contributed by atoms with Gasteiger partial charge in [0.15, 0.2) is 5.78 Å². The van der Waals surface area contributed by atoms with Crippen molar-refractivity contribution < 1.29 is 4.79 Å². The molecule has 0 aliphatic rings. The second-order valence-corrected chi connectivity index (χ2v) is 1.23. The molecule has 0 aromatic heterocycles. The number of carbonyl (C=O) groups excluding carboxylic acids is 1. The molecule has 7 heavy (non-hydrogen) atoms. The Kier molecular flexibility index (Phi) is 1.99. The summed E-state index contributed by atoms with van der Waals surface area (Å²) in [5.41, 5.74) is 0.250. The molecule has 2 nitrogen and oxygen atoms in total. The second kappa shape index (κ2) is 2.29. The molecule has 0 aliphatic heterocycles. The van der Waals surface area contributed by atoms with Gasteiger partial charge < -0.3 is 5.41 Å². The first-order chi connectivity index (χ1) is 3.18. The van der Waals surface area contributed by atoms with E-state index in [1.54, 1.807) is 0 Å². The molecule has 0 aromatic carbocycles. The number of allylic oxidation sites excluding steroid dienone is 1. The van der Waals surface area contributed by atoms with Crippen LogP contribution in [-0.2, 0) is 4.79 Å². The average Bonchev–Trinajstić information content (AvgIpc) is 1.65. The highest BCUT2D eigenvalue weighted by Crippen LogP contribution is 1.82. The number of Topliss-reactive ketones (excluding diaryl/α,β-unsaturated/α-hetero) is 1. The van der Waals surface area contributed by atoms with Crippen LogP contribution in [0, 0.1) is 5.41 Å². The minimum Gasteiger partial charge on any atom is -0.308 e. The maximum absolute atomic E-state index is 10.1. The molecule has 0 amide bonds. The third-order valence-corrected chi connectivity index (χ3v) is 0.626. The van der Waals surface area contributed by atoms with E-state index in [2.05, 4.69) is 6.58 Å². The highest BCUT2D eigenvalue weighted by Gasteiger charge is 1.90. The summed E-state index contributed by atoms with van der Waals surface area (Å²) in [7, 11) is 0. The van der Waals surface area contributed by atoms with Crippen LogP contribution >= 0.6 is 0 Å². The van der Waals surface area contributed by atoms with Gasteiger partial charge in [0.2, 0.25) is 0 Å². The van der Waals surface area contributed by atoms with E-state index in [4.69, 9.17) is 5.41 Å². The molecule has 0 saturated heterocycles. The molecule has 1 N–H and O–H groups in total. The van der Waals surface area contributed by atoms with Gasteiger partial charge in [-0.05, 0) is 6.92 Å². The van der Waals surface area contributed by atoms with Crippen LogP contribution in [0.25, 0.3) is 0 Å². The van der Waals surface area contributed by atoms with Crippen molar-refractivity contribution in [1.82, 2.24) is 0 Å². The van der Waals surface area contributed by atoms with Crippen LogP contribution in [0.4, 0.5) is 0 Å². The Hall–Kier alpha value is -0.920. The zero-order chi connectivity index (χ0) is 5.86. The van der Waals surface area contributed by atoms with Crippen molar-refractivity contribution >= 4 is 12.0 Å². The van der Waals surface area contributed by atoms with Gasteiger partial charge in [0.1, 0.15) is 0 Å². The fourth-order valence-corrected chi connectivity index (χ4v) is 0.102. The lowest BCUT2D eigenvalue weighted by Crippen LogP contribution is -1.93. The Labute approximate surface area is 42.4 Å². The zero-order valence-electron chi connectivity index (χ0n) is 4.19. The van der Waals surface area contributed by atoms with E-state index in [1.165, 1.54) is 6.92 Å². The van der Waals surface area contributed by atoms with Gasteiger partial charge in [0.05, 0.1) is 0 Å². The fraction of sp³-hybridized carbons (Fsp3) is 0.200. The molecule has 0 saturated carbocycles. The molecule has 0 heterocycles. The third kappa shape index (κ3) is 1.87. The average molecular weight is 97.1 g/mol. The molecule has 0 rings (SSSR count). The summed E-state index contributed by atoms with van der Waals surface area (Å²) < 4.78 is 0. The highest BCUT2D eigenvalue weighted by molar-refractivity contribution is 6.10. The third-order valence-electron chi connectivity index (χ3n) is 0.626. The zero-order valence-corrected chi connectivity index (χ0v) is 4.19. The molecule has 0 bridgehead atoms. The summed E-state index contributed by atoms with van der Waals surface area (Å²) in [6, 6.07) is 0. The summed E-state index contributed by atoms with van der Waals surface area (Å²) in [6.07, 6.45) is 0.947. The van der Waals surface area contributed by atoms with Crippen molar-refractivity contribution in [2.45, 2.75) is 6.92 Å². The van der Waals surface area contributed by atoms with Gasteiger partial charge in [0.25, 0.3) is 0 Å². The predicted molar refractivity (Wildman–Crippen MR) is 28.6 cm³/mol. The van der Waals surface area contributed by atoms with Crippen LogP contribution in [0.5, 0.6) is 0 Å². The van der Waals surface area contributed by atoms with Crippen LogP contribution in [0.3, 0.4) is 0 Å².